The van der Waals surface area contributed by atoms with Crippen LogP contribution in [0.3, 0.4) is 0 Å². The Morgan fingerprint density at radius 1 is 1.44 bits per heavy atom. The van der Waals surface area contributed by atoms with E-state index in [1.54, 1.807) is 0 Å². The van der Waals surface area contributed by atoms with Crippen LogP contribution >= 0.6 is 0 Å². The Labute approximate surface area is 95.5 Å². The molecule has 0 aromatic rings. The van der Waals surface area contributed by atoms with Gasteiger partial charge in [-0.2, -0.15) is 0 Å². The van der Waals surface area contributed by atoms with Gasteiger partial charge in [-0.3, -0.25) is 4.79 Å². The molecular weight excluding hydrogens is 230 g/mol. The molecule has 0 spiro atoms. The quantitative estimate of drug-likeness (QED) is 0.719. The average molecular weight is 247 g/mol. The van der Waals surface area contributed by atoms with Crippen molar-refractivity contribution in [2.75, 3.05) is 31.3 Å². The van der Waals surface area contributed by atoms with Crippen LogP contribution in [0.15, 0.2) is 0 Å². The summed E-state index contributed by atoms with van der Waals surface area (Å²) in [6.45, 7) is 1.60. The Morgan fingerprint density at radius 3 is 2.88 bits per heavy atom. The number of sulfone groups is 1. The van der Waals surface area contributed by atoms with E-state index in [2.05, 4.69) is 5.32 Å². The Bertz CT molecular complexity index is 359. The summed E-state index contributed by atoms with van der Waals surface area (Å²) in [7, 11) is -2.95. The van der Waals surface area contributed by atoms with Gasteiger partial charge < -0.3 is 10.1 Å². The number of hydrogen-bond acceptors (Lipinski definition) is 5. The van der Waals surface area contributed by atoms with E-state index < -0.39 is 9.84 Å². The van der Waals surface area contributed by atoms with Gasteiger partial charge in [0.1, 0.15) is 5.78 Å². The molecule has 0 bridgehead atoms. The second-order valence-corrected chi connectivity index (χ2v) is 6.73. The summed E-state index contributed by atoms with van der Waals surface area (Å²) in [5.41, 5.74) is 0. The molecule has 2 saturated heterocycles. The molecule has 2 atom stereocenters. The summed E-state index contributed by atoms with van der Waals surface area (Å²) in [4.78, 5) is 11.8. The van der Waals surface area contributed by atoms with Gasteiger partial charge in [0.2, 0.25) is 0 Å². The molecular formula is C10H17NO4S. The minimum atomic E-state index is -2.95. The fourth-order valence-electron chi connectivity index (χ4n) is 2.20. The molecule has 0 radical (unpaired) electrons. The van der Waals surface area contributed by atoms with E-state index in [-0.39, 0.29) is 29.2 Å². The van der Waals surface area contributed by atoms with Crippen LogP contribution in [0.2, 0.25) is 0 Å². The molecule has 2 rings (SSSR count). The molecule has 2 aliphatic rings. The number of hydrogen-bond donors (Lipinski definition) is 1. The topological polar surface area (TPSA) is 72.5 Å². The zero-order valence-electron chi connectivity index (χ0n) is 9.15. The molecule has 5 nitrogen and oxygen atoms in total. The first-order valence-corrected chi connectivity index (χ1v) is 7.43. The highest BCUT2D eigenvalue weighted by molar-refractivity contribution is 7.91. The van der Waals surface area contributed by atoms with Crippen LogP contribution in [0.25, 0.3) is 0 Å². The number of ether oxygens (including phenoxy) is 1. The van der Waals surface area contributed by atoms with E-state index in [4.69, 9.17) is 4.74 Å². The lowest BCUT2D eigenvalue weighted by atomic mass is 9.98. The van der Waals surface area contributed by atoms with Crippen molar-refractivity contribution >= 4 is 15.6 Å². The monoisotopic (exact) mass is 247 g/mol. The summed E-state index contributed by atoms with van der Waals surface area (Å²) in [6, 6.07) is -0.202. The third kappa shape index (κ3) is 3.02. The minimum Gasteiger partial charge on any atom is -0.381 e. The molecule has 0 saturated carbocycles. The Hall–Kier alpha value is -0.460. The molecule has 0 aromatic carbocycles. The fraction of sp³-hybridized carbons (Fsp3) is 0.900. The smallest absolute Gasteiger partial charge is 0.153 e. The van der Waals surface area contributed by atoms with Gasteiger partial charge in [0, 0.05) is 31.5 Å². The maximum Gasteiger partial charge on any atom is 0.153 e. The van der Waals surface area contributed by atoms with Crippen molar-refractivity contribution < 1.29 is 17.9 Å². The van der Waals surface area contributed by atoms with E-state index in [0.29, 0.717) is 26.2 Å². The number of rotatable bonds is 3. The molecule has 92 valence electrons. The highest BCUT2D eigenvalue weighted by Gasteiger charge is 2.30. The second-order valence-electron chi connectivity index (χ2n) is 4.50. The van der Waals surface area contributed by atoms with Crippen molar-refractivity contribution in [2.45, 2.75) is 18.9 Å². The Balaban J connectivity index is 1.86. The third-order valence-corrected chi connectivity index (χ3v) is 4.87. The fourth-order valence-corrected chi connectivity index (χ4v) is 3.64. The summed E-state index contributed by atoms with van der Waals surface area (Å²) in [6.07, 6.45) is 1.09. The molecule has 16 heavy (non-hydrogen) atoms. The summed E-state index contributed by atoms with van der Waals surface area (Å²) in [5, 5.41) is 3.09. The molecule has 2 unspecified atom stereocenters. The summed E-state index contributed by atoms with van der Waals surface area (Å²) >= 11 is 0. The minimum absolute atomic E-state index is 0.0218. The van der Waals surface area contributed by atoms with E-state index in [1.165, 1.54) is 0 Å². The standard InChI is InChI=1S/C10H17NO4S/c12-10(8-1-3-15-6-8)5-9-7-16(13,14)4-2-11-9/h8-9,11H,1-7H2. The van der Waals surface area contributed by atoms with Crippen molar-refractivity contribution in [3.8, 4) is 0 Å². The predicted molar refractivity (Wildman–Crippen MR) is 59.0 cm³/mol. The van der Waals surface area contributed by atoms with E-state index in [1.807, 2.05) is 0 Å². The Morgan fingerprint density at radius 2 is 2.25 bits per heavy atom. The van der Waals surface area contributed by atoms with E-state index in [9.17, 15) is 13.2 Å². The van der Waals surface area contributed by atoms with Crippen molar-refractivity contribution in [3.63, 3.8) is 0 Å². The first kappa shape index (κ1) is 12.0. The Kier molecular flexibility index (Phi) is 3.61. The number of carbonyl (C=O) groups excluding carboxylic acids is 1. The molecule has 2 aliphatic heterocycles. The first-order valence-electron chi connectivity index (χ1n) is 5.61. The van der Waals surface area contributed by atoms with Crippen LogP contribution in [0, 0.1) is 5.92 Å². The zero-order chi connectivity index (χ0) is 11.6. The molecule has 0 aromatic heterocycles. The van der Waals surface area contributed by atoms with E-state index in [0.717, 1.165) is 6.42 Å². The zero-order valence-corrected chi connectivity index (χ0v) is 9.96. The lowest BCUT2D eigenvalue weighted by Gasteiger charge is -2.23. The van der Waals surface area contributed by atoms with Crippen LogP contribution in [0.1, 0.15) is 12.8 Å². The molecule has 0 amide bonds. The van der Waals surface area contributed by atoms with Crippen LogP contribution in [0.5, 0.6) is 0 Å². The number of Topliss-reactive ketones (excluding diaryl/α,β-unsaturated/α-hetero) is 1. The van der Waals surface area contributed by atoms with Gasteiger partial charge in [-0.1, -0.05) is 0 Å². The van der Waals surface area contributed by atoms with Crippen molar-refractivity contribution in [1.82, 2.24) is 5.32 Å². The highest BCUT2D eigenvalue weighted by Crippen LogP contribution is 2.17. The van der Waals surface area contributed by atoms with Crippen LogP contribution in [-0.4, -0.2) is 51.5 Å². The third-order valence-electron chi connectivity index (χ3n) is 3.13. The van der Waals surface area contributed by atoms with Crippen LogP contribution < -0.4 is 5.32 Å². The molecule has 2 fully saturated rings. The van der Waals surface area contributed by atoms with Gasteiger partial charge in [0.15, 0.2) is 9.84 Å². The largest absolute Gasteiger partial charge is 0.381 e. The number of nitrogens with one attached hydrogen (secondary N) is 1. The van der Waals surface area contributed by atoms with Gasteiger partial charge in [0.05, 0.1) is 18.1 Å². The maximum absolute atomic E-state index is 11.8. The van der Waals surface area contributed by atoms with Crippen molar-refractivity contribution in [1.29, 1.82) is 0 Å². The van der Waals surface area contributed by atoms with Crippen molar-refractivity contribution in [3.05, 3.63) is 0 Å². The predicted octanol–water partition coefficient (Wildman–Crippen LogP) is -0.631. The lowest BCUT2D eigenvalue weighted by Crippen LogP contribution is -2.46. The number of carbonyl (C=O) groups is 1. The number of ketones is 1. The first-order chi connectivity index (χ1) is 7.57. The maximum atomic E-state index is 11.8. The molecule has 1 N–H and O–H groups in total. The molecule has 6 heteroatoms. The summed E-state index contributed by atoms with van der Waals surface area (Å²) < 4.78 is 27.9. The summed E-state index contributed by atoms with van der Waals surface area (Å²) in [5.74, 6) is 0.384. The van der Waals surface area contributed by atoms with Gasteiger partial charge in [-0.05, 0) is 6.42 Å². The van der Waals surface area contributed by atoms with Gasteiger partial charge in [-0.25, -0.2) is 8.42 Å². The SMILES string of the molecule is O=C(CC1CS(=O)(=O)CCN1)C1CCOC1. The molecule has 2 heterocycles. The lowest BCUT2D eigenvalue weighted by molar-refractivity contribution is -0.123. The van der Waals surface area contributed by atoms with Crippen LogP contribution in [-0.2, 0) is 19.4 Å². The highest BCUT2D eigenvalue weighted by atomic mass is 32.2. The van der Waals surface area contributed by atoms with Gasteiger partial charge in [0.25, 0.3) is 0 Å². The molecule has 0 aliphatic carbocycles. The van der Waals surface area contributed by atoms with Crippen LogP contribution in [0.4, 0.5) is 0 Å². The average Bonchev–Trinajstić information content (AvgIpc) is 2.68. The normalized spacial score (nSPS) is 33.8. The van der Waals surface area contributed by atoms with E-state index >= 15 is 0 Å². The van der Waals surface area contributed by atoms with Gasteiger partial charge in [-0.15, -0.1) is 0 Å². The van der Waals surface area contributed by atoms with Crippen molar-refractivity contribution in [2.24, 2.45) is 5.92 Å². The second kappa shape index (κ2) is 4.81. The van der Waals surface area contributed by atoms with Gasteiger partial charge >= 0.3 is 0 Å².